The van der Waals surface area contributed by atoms with Gasteiger partial charge < -0.3 is 48.6 Å². The number of sulfonamides is 1. The van der Waals surface area contributed by atoms with Gasteiger partial charge >= 0.3 is 0 Å². The first-order valence-corrected chi connectivity index (χ1v) is 25.3. The largest absolute Gasteiger partial charge is 0.504 e. The number of carbonyl (C=O) groups is 1. The number of para-hydroxylation sites is 1. The molecule has 0 bridgehead atoms. The monoisotopic (exact) mass is 1080 g/mol. The highest BCUT2D eigenvalue weighted by Crippen LogP contribution is 2.50. The number of aromatic nitrogens is 1. The summed E-state index contributed by atoms with van der Waals surface area (Å²) in [7, 11) is 7.21. The Morgan fingerprint density at radius 3 is 2.01 bits per heavy atom. The quantitative estimate of drug-likeness (QED) is 0.0262. The van der Waals surface area contributed by atoms with E-state index in [4.69, 9.17) is 50.7 Å². The molecule has 6 aromatic carbocycles. The van der Waals surface area contributed by atoms with Crippen LogP contribution in [0.2, 0.25) is 5.02 Å². The molecule has 75 heavy (non-hydrogen) atoms. The zero-order chi connectivity index (χ0) is 54.4. The van der Waals surface area contributed by atoms with Crippen molar-refractivity contribution >= 4 is 68.3 Å². The number of amides is 1. The number of hydrogen-bond donors (Lipinski definition) is 5. The fourth-order valence-corrected chi connectivity index (χ4v) is 9.78. The summed E-state index contributed by atoms with van der Waals surface area (Å²) in [5.74, 6) is 8.50. The van der Waals surface area contributed by atoms with Crippen LogP contribution in [0, 0.1) is 6.92 Å². The van der Waals surface area contributed by atoms with E-state index in [2.05, 4.69) is 24.3 Å². The lowest BCUT2D eigenvalue weighted by Crippen LogP contribution is -2.26. The first-order chi connectivity index (χ1) is 36.0. The van der Waals surface area contributed by atoms with Crippen LogP contribution < -0.4 is 54.5 Å². The van der Waals surface area contributed by atoms with E-state index in [-0.39, 0.29) is 28.0 Å². The molecule has 21 heteroatoms. The highest BCUT2D eigenvalue weighted by Gasteiger charge is 2.29. The van der Waals surface area contributed by atoms with Crippen molar-refractivity contribution in [1.82, 2.24) is 10.3 Å². The van der Waals surface area contributed by atoms with E-state index in [1.807, 2.05) is 42.5 Å². The van der Waals surface area contributed by atoms with Crippen molar-refractivity contribution in [2.45, 2.75) is 42.5 Å². The number of H-pyrrole nitrogens is 1. The molecule has 0 spiro atoms. The Morgan fingerprint density at radius 2 is 1.41 bits per heavy atom. The molecule has 0 saturated heterocycles. The molecule has 6 N–H and O–H groups in total. The number of benzene rings is 5. The molecule has 396 valence electrons. The summed E-state index contributed by atoms with van der Waals surface area (Å²) in [6.45, 7) is 3.26. The average Bonchev–Trinajstić information content (AvgIpc) is 3.66. The van der Waals surface area contributed by atoms with Gasteiger partial charge in [0, 0.05) is 29.0 Å². The number of rotatable bonds is 16. The molecule has 0 fully saturated rings. The molecule has 0 saturated carbocycles. The Morgan fingerprint density at radius 1 is 0.773 bits per heavy atom. The Labute approximate surface area is 443 Å². The van der Waals surface area contributed by atoms with Gasteiger partial charge in [0.2, 0.25) is 17.4 Å². The van der Waals surface area contributed by atoms with Crippen LogP contribution in [0.1, 0.15) is 47.2 Å². The number of fused-ring (bicyclic) bond motifs is 4. The Kier molecular flexibility index (Phi) is 19.7. The van der Waals surface area contributed by atoms with Gasteiger partial charge in [0.25, 0.3) is 10.0 Å². The maximum absolute atomic E-state index is 12.5. The summed E-state index contributed by atoms with van der Waals surface area (Å²) >= 11 is 6.92. The molecule has 8 rings (SSSR count). The lowest BCUT2D eigenvalue weighted by Gasteiger charge is -2.19. The number of phenolic OH excluding ortho intramolecular Hbond substituents is 1. The number of hydrogen-bond acceptors (Lipinski definition) is 16. The van der Waals surface area contributed by atoms with Gasteiger partial charge in [-0.05, 0) is 120 Å². The topological polar surface area (TPSA) is 237 Å². The van der Waals surface area contributed by atoms with Gasteiger partial charge in [-0.25, -0.2) is 8.42 Å². The van der Waals surface area contributed by atoms with Gasteiger partial charge in [0.15, 0.2) is 39.9 Å². The van der Waals surface area contributed by atoms with Gasteiger partial charge in [0.05, 0.1) is 89.0 Å². The van der Waals surface area contributed by atoms with Crippen LogP contribution in [0.4, 0.5) is 5.69 Å². The lowest BCUT2D eigenvalue weighted by atomic mass is 9.95. The van der Waals surface area contributed by atoms with Crippen LogP contribution in [0.15, 0.2) is 118 Å². The first kappa shape index (κ1) is 56.7. The molecule has 0 aliphatic heterocycles. The van der Waals surface area contributed by atoms with E-state index in [0.29, 0.717) is 79.8 Å². The third kappa shape index (κ3) is 13.6. The van der Waals surface area contributed by atoms with Crippen molar-refractivity contribution in [3.63, 3.8) is 0 Å². The number of aryl methyl sites for hydroxylation is 2. The van der Waals surface area contributed by atoms with E-state index in [9.17, 15) is 23.1 Å². The van der Waals surface area contributed by atoms with Crippen LogP contribution in [0.25, 0.3) is 34.2 Å². The number of ether oxygens (including phenoxy) is 7. The third-order valence-corrected chi connectivity index (χ3v) is 14.0. The van der Waals surface area contributed by atoms with E-state index >= 15 is 0 Å². The highest BCUT2D eigenvalue weighted by atomic mass is 35.5. The molecule has 18 nitrogen and oxygen atoms in total. The number of methoxy groups -OCH3 is 7. The van der Waals surface area contributed by atoms with Crippen molar-refractivity contribution in [3.05, 3.63) is 146 Å². The van der Waals surface area contributed by atoms with Gasteiger partial charge in [-0.15, -0.1) is 9.32 Å². The number of anilines is 1. The number of nitrogens with two attached hydrogens (primary N) is 1. The van der Waals surface area contributed by atoms with Gasteiger partial charge in [-0.3, -0.25) is 14.3 Å². The van der Waals surface area contributed by atoms with Gasteiger partial charge in [0.1, 0.15) is 0 Å². The first-order valence-electron chi connectivity index (χ1n) is 22.7. The van der Waals surface area contributed by atoms with Crippen molar-refractivity contribution in [3.8, 4) is 57.1 Å². The molecule has 7 aromatic rings. The van der Waals surface area contributed by atoms with Crippen molar-refractivity contribution in [2.24, 2.45) is 5.90 Å². The van der Waals surface area contributed by atoms with Crippen molar-refractivity contribution < 1.29 is 60.8 Å². The summed E-state index contributed by atoms with van der Waals surface area (Å²) in [6.07, 6.45) is 6.71. The van der Waals surface area contributed by atoms with E-state index in [1.165, 1.54) is 26.2 Å². The molecule has 1 aromatic heterocycles. The van der Waals surface area contributed by atoms with Crippen molar-refractivity contribution in [2.75, 3.05) is 54.5 Å². The van der Waals surface area contributed by atoms with E-state index < -0.39 is 10.0 Å². The van der Waals surface area contributed by atoms with Gasteiger partial charge in [-0.2, -0.15) is 5.90 Å². The molecule has 1 aliphatic carbocycles. The summed E-state index contributed by atoms with van der Waals surface area (Å²) in [5.41, 5.74) is 6.82. The minimum atomic E-state index is -3.75. The van der Waals surface area contributed by atoms with Gasteiger partial charge in [-0.1, -0.05) is 54.1 Å². The zero-order valence-electron chi connectivity index (χ0n) is 42.5. The zero-order valence-corrected chi connectivity index (χ0v) is 44.9. The van der Waals surface area contributed by atoms with Crippen molar-refractivity contribution in [1.29, 1.82) is 0 Å². The number of aromatic hydroxyl groups is 1. The Balaban J connectivity index is 0.000000184. The lowest BCUT2D eigenvalue weighted by molar-refractivity contribution is -0.195. The minimum Gasteiger partial charge on any atom is -0.504 e. The number of nitrogens with one attached hydrogen (secondary N) is 3. The number of halogens is 1. The van der Waals surface area contributed by atoms with Crippen LogP contribution in [0.5, 0.6) is 46.0 Å². The number of aromatic amines is 1. The molecule has 0 unspecified atom stereocenters. The second kappa shape index (κ2) is 26.1. The molecule has 1 amide bonds. The molecule has 0 radical (unpaired) electrons. The molecule has 1 heterocycles. The average molecular weight is 1090 g/mol. The Hall–Kier alpha value is -7.59. The fraction of sp³-hybridized carbons (Fsp3) is 0.222. The fourth-order valence-electron chi connectivity index (χ4n) is 8.13. The Bertz CT molecular complexity index is 3330. The van der Waals surface area contributed by atoms with Crippen LogP contribution in [-0.2, 0) is 30.6 Å². The van der Waals surface area contributed by atoms with Crippen LogP contribution in [-0.4, -0.2) is 74.2 Å². The second-order valence-electron chi connectivity index (χ2n) is 16.3. The van der Waals surface area contributed by atoms with E-state index in [1.54, 1.807) is 110 Å². The normalized spacial score (nSPS) is 12.6. The summed E-state index contributed by atoms with van der Waals surface area (Å²) < 4.78 is 69.9. The predicted molar refractivity (Wildman–Crippen MR) is 290 cm³/mol. The number of carbonyl (C=O) groups excluding carboxylic acids is 1. The summed E-state index contributed by atoms with van der Waals surface area (Å²) in [6, 6.07) is 27.1. The summed E-state index contributed by atoms with van der Waals surface area (Å²) in [5, 5.41) is 14.1. The minimum absolute atomic E-state index is 0.0699. The number of phenols is 1. The second-order valence-corrected chi connectivity index (χ2v) is 19.1. The third-order valence-electron chi connectivity index (χ3n) is 11.7. The molecule has 1 atom stereocenters. The smallest absolute Gasteiger partial charge is 0.261 e. The standard InChI is InChI=1S/C22H25NO5.C18H20O5.C14H12ClN3O4S2/c1-12-6-8-15-16(11-18(12)25)17(23-13(2)24)9-7-14-10-19(26-3)21(27-4)22(28-5)20(14)15;1-20-15-8-7-12(9-14(15)19)5-6-13-10-16(21-2)18(23-4)17(11-13)22-3;15-12-8-17-14-11(12)2-1-3-13(14)18-24(19,20)10-6-4-9(5-7-10)23-22-21-16/h6,8,10-11,17H,7,9H2,1-5H3,(H,23,24);5-11,19H,1-4H3;1-8,17-18H,16H2/b;6-5-;/t17-;;/m0../s1. The van der Waals surface area contributed by atoms with Crippen LogP contribution in [0.3, 0.4) is 0 Å². The SMILES string of the molecule is COc1cc2c(c(OC)c1OC)-c1ccc(C)c(=O)cc1[C@@H](NC(C)=O)CC2.COc1ccc(/C=C\c2cc(OC)c(OC)c(OC)c2)cc1O.NOOSc1ccc(S(=O)(=O)Nc2cccc3c(Cl)c[nH]c23)cc1. The van der Waals surface area contributed by atoms with E-state index in [0.717, 1.165) is 50.8 Å². The maximum Gasteiger partial charge on any atom is 0.261 e. The molecule has 1 aliphatic rings. The molecular weight excluding hydrogens is 1030 g/mol. The predicted octanol–water partition coefficient (Wildman–Crippen LogP) is 10.2. The molecular formula is C54H57ClN4O14S2. The summed E-state index contributed by atoms with van der Waals surface area (Å²) in [4.78, 5) is 32.0. The highest BCUT2D eigenvalue weighted by molar-refractivity contribution is 7.94. The van der Waals surface area contributed by atoms with Crippen LogP contribution >= 0.6 is 23.6 Å². The maximum atomic E-state index is 12.5.